The van der Waals surface area contributed by atoms with E-state index in [1.165, 1.54) is 0 Å². The molecule has 1 aromatic carbocycles. The molecule has 0 N–H and O–H groups in total. The van der Waals surface area contributed by atoms with Crippen LogP contribution < -0.4 is 5.76 Å². The van der Waals surface area contributed by atoms with E-state index in [1.54, 1.807) is 4.57 Å². The van der Waals surface area contributed by atoms with E-state index in [1.807, 2.05) is 25.1 Å². The highest BCUT2D eigenvalue weighted by Gasteiger charge is 2.31. The first kappa shape index (κ1) is 14.7. The number of alkyl halides is 1. The Bertz CT molecular complexity index is 690. The lowest BCUT2D eigenvalue weighted by atomic mass is 9.93. The quantitative estimate of drug-likeness (QED) is 0.809. The maximum atomic E-state index is 11.9. The molecule has 0 amide bonds. The SMILES string of the molecule is CCCn1c(=O)oc2cc(C(Cl)C3CCOC3C)ccc21. The Morgan fingerprint density at radius 1 is 1.48 bits per heavy atom. The highest BCUT2D eigenvalue weighted by Crippen LogP contribution is 2.38. The molecule has 1 aliphatic rings. The molecule has 2 aromatic rings. The number of aryl methyl sites for hydroxylation is 1. The van der Waals surface area contributed by atoms with Crippen LogP contribution in [0.3, 0.4) is 0 Å². The van der Waals surface area contributed by atoms with Gasteiger partial charge in [0.15, 0.2) is 5.58 Å². The van der Waals surface area contributed by atoms with Gasteiger partial charge in [-0.25, -0.2) is 4.79 Å². The third-order valence-electron chi connectivity index (χ3n) is 4.27. The van der Waals surface area contributed by atoms with Gasteiger partial charge < -0.3 is 9.15 Å². The highest BCUT2D eigenvalue weighted by molar-refractivity contribution is 6.21. The smallest absolute Gasteiger partial charge is 0.408 e. The number of ether oxygens (including phenoxy) is 1. The van der Waals surface area contributed by atoms with E-state index in [0.717, 1.165) is 30.5 Å². The Morgan fingerprint density at radius 3 is 2.95 bits per heavy atom. The van der Waals surface area contributed by atoms with Gasteiger partial charge in [0.2, 0.25) is 0 Å². The highest BCUT2D eigenvalue weighted by atomic mass is 35.5. The van der Waals surface area contributed by atoms with Crippen LogP contribution in [0, 0.1) is 5.92 Å². The number of aromatic nitrogens is 1. The third-order valence-corrected chi connectivity index (χ3v) is 4.84. The van der Waals surface area contributed by atoms with Crippen molar-refractivity contribution < 1.29 is 9.15 Å². The van der Waals surface area contributed by atoms with E-state index in [2.05, 4.69) is 6.92 Å². The third kappa shape index (κ3) is 2.62. The van der Waals surface area contributed by atoms with Gasteiger partial charge in [-0.2, -0.15) is 0 Å². The van der Waals surface area contributed by atoms with Crippen LogP contribution in [0.5, 0.6) is 0 Å². The Morgan fingerprint density at radius 2 is 2.29 bits per heavy atom. The standard InChI is InChI=1S/C16H20ClNO3/c1-3-7-18-13-5-4-11(9-14(13)21-16(18)19)15(17)12-6-8-20-10(12)2/h4-5,9-10,12,15H,3,6-8H2,1-2H3. The number of rotatable bonds is 4. The molecule has 0 bridgehead atoms. The van der Waals surface area contributed by atoms with Gasteiger partial charge in [-0.1, -0.05) is 13.0 Å². The molecule has 114 valence electrons. The summed E-state index contributed by atoms with van der Waals surface area (Å²) in [6.45, 7) is 5.53. The molecule has 3 atom stereocenters. The van der Waals surface area contributed by atoms with Crippen LogP contribution in [-0.4, -0.2) is 17.3 Å². The Hall–Kier alpha value is -1.26. The molecule has 1 aliphatic heterocycles. The number of hydrogen-bond donors (Lipinski definition) is 0. The van der Waals surface area contributed by atoms with Crippen molar-refractivity contribution >= 4 is 22.7 Å². The molecule has 1 saturated heterocycles. The van der Waals surface area contributed by atoms with Gasteiger partial charge in [-0.05, 0) is 37.5 Å². The first-order valence-electron chi connectivity index (χ1n) is 7.50. The van der Waals surface area contributed by atoms with Crippen LogP contribution in [0.1, 0.15) is 37.6 Å². The average molecular weight is 310 g/mol. The minimum Gasteiger partial charge on any atom is -0.408 e. The Balaban J connectivity index is 1.96. The van der Waals surface area contributed by atoms with Crippen LogP contribution in [0.4, 0.5) is 0 Å². The Labute approximate surface area is 128 Å². The number of oxazole rings is 1. The van der Waals surface area contributed by atoms with Crippen molar-refractivity contribution in [3.8, 4) is 0 Å². The van der Waals surface area contributed by atoms with Crippen molar-refractivity contribution in [2.45, 2.75) is 44.7 Å². The zero-order valence-corrected chi connectivity index (χ0v) is 13.1. The summed E-state index contributed by atoms with van der Waals surface area (Å²) < 4.78 is 12.6. The second-order valence-electron chi connectivity index (χ2n) is 5.68. The second-order valence-corrected chi connectivity index (χ2v) is 6.15. The fourth-order valence-corrected chi connectivity index (χ4v) is 3.54. The summed E-state index contributed by atoms with van der Waals surface area (Å²) in [5, 5.41) is -0.119. The van der Waals surface area contributed by atoms with Crippen molar-refractivity contribution in [3.63, 3.8) is 0 Å². The summed E-state index contributed by atoms with van der Waals surface area (Å²) in [4.78, 5) is 11.9. The lowest BCUT2D eigenvalue weighted by molar-refractivity contribution is 0.105. The van der Waals surface area contributed by atoms with Crippen molar-refractivity contribution in [2.75, 3.05) is 6.61 Å². The molecule has 1 fully saturated rings. The lowest BCUT2D eigenvalue weighted by Gasteiger charge is -2.20. The zero-order chi connectivity index (χ0) is 15.0. The minimum absolute atomic E-state index is 0.119. The van der Waals surface area contributed by atoms with Gasteiger partial charge in [0.25, 0.3) is 0 Å². The second kappa shape index (κ2) is 5.85. The predicted molar refractivity (Wildman–Crippen MR) is 82.9 cm³/mol. The Kier molecular flexibility index (Phi) is 4.09. The van der Waals surface area contributed by atoms with Crippen molar-refractivity contribution in [2.24, 2.45) is 5.92 Å². The largest absolute Gasteiger partial charge is 0.419 e. The molecule has 21 heavy (non-hydrogen) atoms. The van der Waals surface area contributed by atoms with Gasteiger partial charge in [-0.15, -0.1) is 11.6 Å². The van der Waals surface area contributed by atoms with E-state index in [0.29, 0.717) is 18.0 Å². The summed E-state index contributed by atoms with van der Waals surface area (Å²) in [7, 11) is 0. The molecule has 0 saturated carbocycles. The van der Waals surface area contributed by atoms with Crippen molar-refractivity contribution in [1.82, 2.24) is 4.57 Å². The van der Waals surface area contributed by atoms with Crippen molar-refractivity contribution in [1.29, 1.82) is 0 Å². The zero-order valence-electron chi connectivity index (χ0n) is 12.3. The van der Waals surface area contributed by atoms with Crippen LogP contribution in [0.2, 0.25) is 0 Å². The van der Waals surface area contributed by atoms with E-state index in [-0.39, 0.29) is 17.2 Å². The summed E-state index contributed by atoms with van der Waals surface area (Å²) in [5.41, 5.74) is 2.44. The van der Waals surface area contributed by atoms with E-state index in [9.17, 15) is 4.79 Å². The van der Waals surface area contributed by atoms with Crippen molar-refractivity contribution in [3.05, 3.63) is 34.3 Å². The summed E-state index contributed by atoms with van der Waals surface area (Å²) >= 11 is 6.61. The summed E-state index contributed by atoms with van der Waals surface area (Å²) in [6.07, 6.45) is 2.03. The number of halogens is 1. The van der Waals surface area contributed by atoms with Gasteiger partial charge in [-0.3, -0.25) is 4.57 Å². The average Bonchev–Trinajstić information content (AvgIpc) is 3.02. The first-order valence-corrected chi connectivity index (χ1v) is 7.94. The first-order chi connectivity index (χ1) is 10.1. The molecule has 0 spiro atoms. The molecule has 3 rings (SSSR count). The molecular weight excluding hydrogens is 290 g/mol. The van der Waals surface area contributed by atoms with Gasteiger partial charge in [0, 0.05) is 19.1 Å². The fourth-order valence-electron chi connectivity index (χ4n) is 3.07. The molecule has 4 nitrogen and oxygen atoms in total. The number of hydrogen-bond acceptors (Lipinski definition) is 3. The van der Waals surface area contributed by atoms with Gasteiger partial charge in [0.05, 0.1) is 17.0 Å². The summed E-state index contributed by atoms with van der Waals surface area (Å²) in [6, 6.07) is 5.82. The molecular formula is C16H20ClNO3. The van der Waals surface area contributed by atoms with Crippen LogP contribution in [0.15, 0.2) is 27.4 Å². The maximum Gasteiger partial charge on any atom is 0.419 e. The monoisotopic (exact) mass is 309 g/mol. The van der Waals surface area contributed by atoms with Crippen LogP contribution in [0.25, 0.3) is 11.1 Å². The fraction of sp³-hybridized carbons (Fsp3) is 0.562. The van der Waals surface area contributed by atoms with Crippen LogP contribution >= 0.6 is 11.6 Å². The summed E-state index contributed by atoms with van der Waals surface area (Å²) in [5.74, 6) is 0.00116. The molecule has 2 heterocycles. The molecule has 3 unspecified atom stereocenters. The molecule has 5 heteroatoms. The number of nitrogens with zero attached hydrogens (tertiary/aromatic N) is 1. The predicted octanol–water partition coefficient (Wildman–Crippen LogP) is 3.71. The lowest BCUT2D eigenvalue weighted by Crippen LogP contribution is -2.16. The normalized spacial score (nSPS) is 23.8. The van der Waals surface area contributed by atoms with Crippen LogP contribution in [-0.2, 0) is 11.3 Å². The minimum atomic E-state index is -0.298. The topological polar surface area (TPSA) is 44.4 Å². The maximum absolute atomic E-state index is 11.9. The number of fused-ring (bicyclic) bond motifs is 1. The van der Waals surface area contributed by atoms with E-state index in [4.69, 9.17) is 20.8 Å². The van der Waals surface area contributed by atoms with Gasteiger partial charge >= 0.3 is 5.76 Å². The van der Waals surface area contributed by atoms with E-state index >= 15 is 0 Å². The number of benzene rings is 1. The van der Waals surface area contributed by atoms with Gasteiger partial charge in [0.1, 0.15) is 0 Å². The van der Waals surface area contributed by atoms with E-state index < -0.39 is 0 Å². The molecule has 0 radical (unpaired) electrons. The molecule has 0 aliphatic carbocycles. The molecule has 1 aromatic heterocycles.